The third kappa shape index (κ3) is 1.89. The lowest BCUT2D eigenvalue weighted by Crippen LogP contribution is -2.41. The van der Waals surface area contributed by atoms with E-state index in [2.05, 4.69) is 45.7 Å². The highest BCUT2D eigenvalue weighted by Crippen LogP contribution is 2.39. The van der Waals surface area contributed by atoms with Crippen molar-refractivity contribution in [2.24, 2.45) is 0 Å². The van der Waals surface area contributed by atoms with Crippen LogP contribution in [-0.4, -0.2) is 36.8 Å². The third-order valence-electron chi connectivity index (χ3n) is 3.99. The van der Waals surface area contributed by atoms with E-state index in [0.717, 1.165) is 13.0 Å². The van der Waals surface area contributed by atoms with Gasteiger partial charge < -0.3 is 14.2 Å². The van der Waals surface area contributed by atoms with Crippen LogP contribution >= 0.6 is 0 Å². The Kier molecular flexibility index (Phi) is 2.83. The van der Waals surface area contributed by atoms with E-state index in [-0.39, 0.29) is 18.3 Å². The minimum atomic E-state index is -0.239. The van der Waals surface area contributed by atoms with Crippen LogP contribution in [-0.2, 0) is 9.31 Å². The highest BCUT2D eigenvalue weighted by atomic mass is 16.7. The summed E-state index contributed by atoms with van der Waals surface area (Å²) in [5, 5.41) is 0. The van der Waals surface area contributed by atoms with Crippen LogP contribution in [0.15, 0.2) is 11.7 Å². The molecule has 0 radical (unpaired) electrons. The fraction of sp³-hybridized carbons (Fsp3) is 0.833. The molecule has 1 saturated heterocycles. The second kappa shape index (κ2) is 3.78. The molecule has 0 aromatic carbocycles. The average Bonchev–Trinajstić information content (AvgIpc) is 2.36. The maximum absolute atomic E-state index is 6.04. The van der Waals surface area contributed by atoms with Crippen molar-refractivity contribution in [1.29, 1.82) is 0 Å². The Labute approximate surface area is 98.9 Å². The summed E-state index contributed by atoms with van der Waals surface area (Å²) >= 11 is 0. The number of hydrogen-bond acceptors (Lipinski definition) is 3. The van der Waals surface area contributed by atoms with Gasteiger partial charge in [-0.05, 0) is 40.5 Å². The standard InChI is InChI=1S/C12H22BNO2/c1-11(2)12(3,4)16-13(15-11)10-8-6-7-9-14(10)5/h8H,6-7,9H2,1-5H3. The van der Waals surface area contributed by atoms with Gasteiger partial charge in [0.15, 0.2) is 0 Å². The van der Waals surface area contributed by atoms with E-state index in [0.29, 0.717) is 0 Å². The summed E-state index contributed by atoms with van der Waals surface area (Å²) < 4.78 is 12.1. The molecular weight excluding hydrogens is 201 g/mol. The second-order valence-electron chi connectivity index (χ2n) is 5.78. The molecule has 2 aliphatic rings. The normalized spacial score (nSPS) is 28.2. The van der Waals surface area contributed by atoms with Crippen molar-refractivity contribution in [2.45, 2.75) is 51.7 Å². The lowest BCUT2D eigenvalue weighted by molar-refractivity contribution is 0.00578. The molecule has 2 rings (SSSR count). The zero-order chi connectivity index (χ0) is 12.0. The molecule has 16 heavy (non-hydrogen) atoms. The topological polar surface area (TPSA) is 21.7 Å². The summed E-state index contributed by atoms with van der Waals surface area (Å²) in [5.74, 6) is 0. The predicted molar refractivity (Wildman–Crippen MR) is 66.0 cm³/mol. The Morgan fingerprint density at radius 2 is 1.75 bits per heavy atom. The molecule has 0 spiro atoms. The van der Waals surface area contributed by atoms with Gasteiger partial charge in [0.25, 0.3) is 0 Å². The Morgan fingerprint density at radius 1 is 1.19 bits per heavy atom. The minimum Gasteiger partial charge on any atom is -0.398 e. The summed E-state index contributed by atoms with van der Waals surface area (Å²) in [6.45, 7) is 9.47. The molecule has 0 aromatic rings. The van der Waals surface area contributed by atoms with E-state index in [4.69, 9.17) is 9.31 Å². The summed E-state index contributed by atoms with van der Waals surface area (Å²) in [6, 6.07) is 0. The average molecular weight is 223 g/mol. The van der Waals surface area contributed by atoms with Gasteiger partial charge in [-0.25, -0.2) is 0 Å². The first-order chi connectivity index (χ1) is 7.33. The van der Waals surface area contributed by atoms with Gasteiger partial charge in [0, 0.05) is 19.2 Å². The highest BCUT2D eigenvalue weighted by molar-refractivity contribution is 6.54. The zero-order valence-electron chi connectivity index (χ0n) is 11.0. The van der Waals surface area contributed by atoms with Crippen molar-refractivity contribution in [3.8, 4) is 0 Å². The van der Waals surface area contributed by atoms with Gasteiger partial charge in [-0.1, -0.05) is 6.08 Å². The number of rotatable bonds is 1. The Hall–Kier alpha value is -0.475. The minimum absolute atomic E-state index is 0.199. The van der Waals surface area contributed by atoms with Gasteiger partial charge in [0.05, 0.1) is 11.2 Å². The molecule has 2 heterocycles. The van der Waals surface area contributed by atoms with E-state index in [1.807, 2.05) is 0 Å². The van der Waals surface area contributed by atoms with Crippen molar-refractivity contribution in [2.75, 3.05) is 13.6 Å². The maximum Gasteiger partial charge on any atom is 0.511 e. The molecular formula is C12H22BNO2. The van der Waals surface area contributed by atoms with Crippen LogP contribution in [0.25, 0.3) is 0 Å². The number of hydrogen-bond donors (Lipinski definition) is 0. The van der Waals surface area contributed by atoms with Crippen LogP contribution in [0.4, 0.5) is 0 Å². The highest BCUT2D eigenvalue weighted by Gasteiger charge is 2.53. The lowest BCUT2D eigenvalue weighted by Gasteiger charge is -2.32. The Bertz CT molecular complexity index is 296. The van der Waals surface area contributed by atoms with Crippen molar-refractivity contribution in [1.82, 2.24) is 4.90 Å². The zero-order valence-corrected chi connectivity index (χ0v) is 11.0. The van der Waals surface area contributed by atoms with Gasteiger partial charge in [0.2, 0.25) is 0 Å². The molecule has 1 fully saturated rings. The molecule has 0 amide bonds. The van der Waals surface area contributed by atoms with E-state index in [1.54, 1.807) is 0 Å². The van der Waals surface area contributed by atoms with Crippen molar-refractivity contribution < 1.29 is 9.31 Å². The Morgan fingerprint density at radius 3 is 2.25 bits per heavy atom. The molecule has 0 saturated carbocycles. The summed E-state index contributed by atoms with van der Waals surface area (Å²) in [7, 11) is 1.91. The quantitative estimate of drug-likeness (QED) is 0.636. The largest absolute Gasteiger partial charge is 0.511 e. The molecule has 0 atom stereocenters. The molecule has 0 aliphatic carbocycles. The van der Waals surface area contributed by atoms with Gasteiger partial charge in [-0.2, -0.15) is 0 Å². The van der Waals surface area contributed by atoms with Crippen LogP contribution in [0.5, 0.6) is 0 Å². The summed E-state index contributed by atoms with van der Waals surface area (Å²) in [5.41, 5.74) is 0.707. The summed E-state index contributed by atoms with van der Waals surface area (Å²) in [4.78, 5) is 2.24. The number of allylic oxidation sites excluding steroid dienone is 1. The molecule has 90 valence electrons. The monoisotopic (exact) mass is 223 g/mol. The lowest BCUT2D eigenvalue weighted by atomic mass is 9.81. The van der Waals surface area contributed by atoms with E-state index in [1.165, 1.54) is 12.0 Å². The fourth-order valence-corrected chi connectivity index (χ4v) is 2.10. The smallest absolute Gasteiger partial charge is 0.398 e. The molecule has 0 unspecified atom stereocenters. The summed E-state index contributed by atoms with van der Waals surface area (Å²) in [6.07, 6.45) is 4.59. The van der Waals surface area contributed by atoms with Crippen molar-refractivity contribution in [3.05, 3.63) is 11.7 Å². The van der Waals surface area contributed by atoms with Crippen molar-refractivity contribution >= 4 is 7.12 Å². The van der Waals surface area contributed by atoms with Crippen molar-refractivity contribution in [3.63, 3.8) is 0 Å². The molecule has 4 heteroatoms. The number of nitrogens with zero attached hydrogens (tertiary/aromatic N) is 1. The van der Waals surface area contributed by atoms with Gasteiger partial charge in [0.1, 0.15) is 0 Å². The van der Waals surface area contributed by atoms with Gasteiger partial charge in [-0.15, -0.1) is 0 Å². The molecule has 0 N–H and O–H groups in total. The fourth-order valence-electron chi connectivity index (χ4n) is 2.10. The SMILES string of the molecule is CN1CCCC=C1B1OC(C)(C)C(C)(C)O1. The first kappa shape index (κ1) is 12.0. The van der Waals surface area contributed by atoms with E-state index >= 15 is 0 Å². The van der Waals surface area contributed by atoms with Gasteiger partial charge >= 0.3 is 7.12 Å². The van der Waals surface area contributed by atoms with Gasteiger partial charge in [-0.3, -0.25) is 0 Å². The van der Waals surface area contributed by atoms with Crippen LogP contribution in [0.1, 0.15) is 40.5 Å². The molecule has 0 aromatic heterocycles. The molecule has 3 nitrogen and oxygen atoms in total. The molecule has 0 bridgehead atoms. The van der Waals surface area contributed by atoms with Crippen LogP contribution in [0.3, 0.4) is 0 Å². The van der Waals surface area contributed by atoms with E-state index < -0.39 is 0 Å². The third-order valence-corrected chi connectivity index (χ3v) is 3.99. The Balaban J connectivity index is 2.17. The van der Waals surface area contributed by atoms with E-state index in [9.17, 15) is 0 Å². The molecule has 2 aliphatic heterocycles. The van der Waals surface area contributed by atoms with Crippen LogP contribution in [0, 0.1) is 0 Å². The van der Waals surface area contributed by atoms with Crippen LogP contribution in [0.2, 0.25) is 0 Å². The second-order valence-corrected chi connectivity index (χ2v) is 5.78. The van der Waals surface area contributed by atoms with Crippen LogP contribution < -0.4 is 0 Å². The maximum atomic E-state index is 6.04. The first-order valence-corrected chi connectivity index (χ1v) is 6.10. The predicted octanol–water partition coefficient (Wildman–Crippen LogP) is 2.23. The first-order valence-electron chi connectivity index (χ1n) is 6.10.